The van der Waals surface area contributed by atoms with Crippen molar-refractivity contribution in [3.63, 3.8) is 0 Å². The number of hydrogen-bond donors (Lipinski definition) is 1. The average Bonchev–Trinajstić information content (AvgIpc) is 3.19. The van der Waals surface area contributed by atoms with Crippen LogP contribution < -0.4 is 4.72 Å². The minimum atomic E-state index is -3.90. The van der Waals surface area contributed by atoms with Crippen LogP contribution in [-0.2, 0) is 30.0 Å². The maximum absolute atomic E-state index is 12.9. The van der Waals surface area contributed by atoms with Gasteiger partial charge in [-0.15, -0.1) is 0 Å². The molecule has 0 bridgehead atoms. The van der Waals surface area contributed by atoms with Gasteiger partial charge in [-0.1, -0.05) is 30.3 Å². The molecular formula is C22H24N4O4S. The molecule has 1 atom stereocenters. The predicted molar refractivity (Wildman–Crippen MR) is 117 cm³/mol. The van der Waals surface area contributed by atoms with E-state index >= 15 is 0 Å². The summed E-state index contributed by atoms with van der Waals surface area (Å²) in [5.41, 5.74) is 3.31. The first-order chi connectivity index (χ1) is 14.8. The van der Waals surface area contributed by atoms with E-state index in [0.29, 0.717) is 0 Å². The highest BCUT2D eigenvalue weighted by molar-refractivity contribution is 7.89. The number of rotatable bonds is 7. The lowest BCUT2D eigenvalue weighted by Gasteiger charge is -2.36. The summed E-state index contributed by atoms with van der Waals surface area (Å²) in [7, 11) is -1.97. The first kappa shape index (κ1) is 21.2. The van der Waals surface area contributed by atoms with E-state index in [9.17, 15) is 18.5 Å². The van der Waals surface area contributed by atoms with Crippen LogP contribution in [-0.4, -0.2) is 35.9 Å². The largest absolute Gasteiger partial charge is 0.353 e. The van der Waals surface area contributed by atoms with Gasteiger partial charge in [-0.3, -0.25) is 15.0 Å². The van der Waals surface area contributed by atoms with Gasteiger partial charge >= 0.3 is 0 Å². The smallest absolute Gasteiger partial charge is 0.270 e. The number of fused-ring (bicyclic) bond motifs is 1. The second kappa shape index (κ2) is 8.62. The van der Waals surface area contributed by atoms with Gasteiger partial charge in [-0.25, -0.2) is 13.1 Å². The second-order valence-electron chi connectivity index (χ2n) is 7.66. The van der Waals surface area contributed by atoms with Crippen molar-refractivity contribution in [2.45, 2.75) is 23.9 Å². The van der Waals surface area contributed by atoms with Crippen LogP contribution in [0.5, 0.6) is 0 Å². The standard InChI is InChI=1S/C22H24N4O4S/c1-24-12-5-10-21(24)22(25-13-11-17-6-2-3-7-18(17)16-25)15-23-31(29,30)20-9-4-8-19(14-20)26(27)28/h2-10,12,14,22-23H,11,13,15-16H2,1H3. The number of nitrogens with zero attached hydrogens (tertiary/aromatic N) is 3. The molecule has 162 valence electrons. The normalized spacial score (nSPS) is 15.4. The van der Waals surface area contributed by atoms with Crippen molar-refractivity contribution >= 4 is 15.7 Å². The topological polar surface area (TPSA) is 97.5 Å². The van der Waals surface area contributed by atoms with Crippen LogP contribution >= 0.6 is 0 Å². The van der Waals surface area contributed by atoms with Gasteiger partial charge in [-0.05, 0) is 35.7 Å². The monoisotopic (exact) mass is 440 g/mol. The summed E-state index contributed by atoms with van der Waals surface area (Å²) in [5.74, 6) is 0. The van der Waals surface area contributed by atoms with Gasteiger partial charge in [0.1, 0.15) is 0 Å². The molecule has 0 saturated carbocycles. The van der Waals surface area contributed by atoms with E-state index in [1.807, 2.05) is 42.1 Å². The zero-order chi connectivity index (χ0) is 22.0. The Hall–Kier alpha value is -3.01. The molecule has 0 aliphatic carbocycles. The SMILES string of the molecule is Cn1cccc1C(CNS(=O)(=O)c1cccc([N+](=O)[O-])c1)N1CCc2ccccc2C1. The van der Waals surface area contributed by atoms with Crippen molar-refractivity contribution in [2.24, 2.45) is 7.05 Å². The van der Waals surface area contributed by atoms with Crippen molar-refractivity contribution in [3.05, 3.63) is 93.8 Å². The fourth-order valence-corrected chi connectivity index (χ4v) is 5.14. The molecule has 31 heavy (non-hydrogen) atoms. The molecule has 3 aromatic rings. The van der Waals surface area contributed by atoms with Gasteiger partial charge in [0.05, 0.1) is 15.9 Å². The van der Waals surface area contributed by atoms with E-state index in [4.69, 9.17) is 0 Å². The first-order valence-electron chi connectivity index (χ1n) is 10.0. The summed E-state index contributed by atoms with van der Waals surface area (Å²) in [6.07, 6.45) is 2.84. The lowest BCUT2D eigenvalue weighted by molar-refractivity contribution is -0.385. The van der Waals surface area contributed by atoms with Crippen molar-refractivity contribution in [1.82, 2.24) is 14.2 Å². The molecule has 0 amide bonds. The number of aromatic nitrogens is 1. The van der Waals surface area contributed by atoms with E-state index in [-0.39, 0.29) is 23.2 Å². The lowest BCUT2D eigenvalue weighted by atomic mass is 9.98. The lowest BCUT2D eigenvalue weighted by Crippen LogP contribution is -2.41. The number of non-ortho nitro benzene ring substituents is 1. The third-order valence-electron chi connectivity index (χ3n) is 5.73. The van der Waals surface area contributed by atoms with Crippen molar-refractivity contribution in [3.8, 4) is 0 Å². The van der Waals surface area contributed by atoms with Crippen molar-refractivity contribution in [1.29, 1.82) is 0 Å². The molecule has 2 aromatic carbocycles. The third-order valence-corrected chi connectivity index (χ3v) is 7.15. The van der Waals surface area contributed by atoms with E-state index in [0.717, 1.165) is 31.3 Å². The Morgan fingerprint density at radius 1 is 1.10 bits per heavy atom. The minimum Gasteiger partial charge on any atom is -0.353 e. The summed E-state index contributed by atoms with van der Waals surface area (Å²) in [6.45, 7) is 1.70. The highest BCUT2D eigenvalue weighted by Crippen LogP contribution is 2.28. The Bertz CT molecular complexity index is 1210. The quantitative estimate of drug-likeness (QED) is 0.450. The fraction of sp³-hybridized carbons (Fsp3) is 0.273. The summed E-state index contributed by atoms with van der Waals surface area (Å²) >= 11 is 0. The van der Waals surface area contributed by atoms with Crippen LogP contribution in [0.1, 0.15) is 22.9 Å². The zero-order valence-electron chi connectivity index (χ0n) is 17.1. The summed E-state index contributed by atoms with van der Waals surface area (Å²) in [6, 6.07) is 17.2. The van der Waals surface area contributed by atoms with Crippen LogP contribution in [0.2, 0.25) is 0 Å². The van der Waals surface area contributed by atoms with Gasteiger partial charge in [0.15, 0.2) is 0 Å². The van der Waals surface area contributed by atoms with Gasteiger partial charge < -0.3 is 4.57 Å². The van der Waals surface area contributed by atoms with E-state index in [2.05, 4.69) is 21.8 Å². The predicted octanol–water partition coefficient (Wildman–Crippen LogP) is 3.01. The summed E-state index contributed by atoms with van der Waals surface area (Å²) in [4.78, 5) is 12.6. The summed E-state index contributed by atoms with van der Waals surface area (Å²) in [5, 5.41) is 11.0. The van der Waals surface area contributed by atoms with E-state index < -0.39 is 14.9 Å². The molecule has 0 saturated heterocycles. The van der Waals surface area contributed by atoms with Crippen LogP contribution in [0.25, 0.3) is 0 Å². The Balaban J connectivity index is 1.58. The van der Waals surface area contributed by atoms with Gasteiger partial charge in [0.25, 0.3) is 5.69 Å². The number of aryl methyl sites for hydroxylation is 1. The average molecular weight is 441 g/mol. The van der Waals surface area contributed by atoms with Gasteiger partial charge in [-0.2, -0.15) is 0 Å². The van der Waals surface area contributed by atoms with Crippen LogP contribution in [0.4, 0.5) is 5.69 Å². The molecule has 1 aromatic heterocycles. The van der Waals surface area contributed by atoms with E-state index in [1.54, 1.807) is 0 Å². The van der Waals surface area contributed by atoms with E-state index in [1.165, 1.54) is 29.3 Å². The molecule has 1 unspecified atom stereocenters. The van der Waals surface area contributed by atoms with Crippen molar-refractivity contribution < 1.29 is 13.3 Å². The Kier molecular flexibility index (Phi) is 5.90. The molecule has 0 spiro atoms. The molecule has 1 aliphatic rings. The van der Waals surface area contributed by atoms with Crippen LogP contribution in [0.15, 0.2) is 71.8 Å². The zero-order valence-corrected chi connectivity index (χ0v) is 18.0. The molecule has 2 heterocycles. The summed E-state index contributed by atoms with van der Waals surface area (Å²) < 4.78 is 30.4. The minimum absolute atomic E-state index is 0.115. The molecule has 4 rings (SSSR count). The number of benzene rings is 2. The maximum atomic E-state index is 12.9. The molecule has 0 radical (unpaired) electrons. The Labute approximate surface area is 181 Å². The molecule has 8 nitrogen and oxygen atoms in total. The number of nitro groups is 1. The van der Waals surface area contributed by atoms with Crippen LogP contribution in [0, 0.1) is 10.1 Å². The first-order valence-corrected chi connectivity index (χ1v) is 11.5. The van der Waals surface area contributed by atoms with Gasteiger partial charge in [0.2, 0.25) is 10.0 Å². The molecule has 1 aliphatic heterocycles. The second-order valence-corrected chi connectivity index (χ2v) is 9.42. The highest BCUT2D eigenvalue weighted by atomic mass is 32.2. The molecule has 9 heteroatoms. The number of nitro benzene ring substituents is 1. The van der Waals surface area contributed by atoms with Crippen LogP contribution in [0.3, 0.4) is 0 Å². The maximum Gasteiger partial charge on any atom is 0.270 e. The molecule has 1 N–H and O–H groups in total. The molecular weight excluding hydrogens is 416 g/mol. The number of sulfonamides is 1. The number of hydrogen-bond acceptors (Lipinski definition) is 5. The third kappa shape index (κ3) is 4.53. The number of nitrogens with one attached hydrogen (secondary N) is 1. The van der Waals surface area contributed by atoms with Crippen molar-refractivity contribution in [2.75, 3.05) is 13.1 Å². The fourth-order valence-electron chi connectivity index (χ4n) is 4.06. The molecule has 0 fully saturated rings. The Morgan fingerprint density at radius 2 is 1.87 bits per heavy atom. The highest BCUT2D eigenvalue weighted by Gasteiger charge is 2.28. The Morgan fingerprint density at radius 3 is 2.58 bits per heavy atom. The van der Waals surface area contributed by atoms with Gasteiger partial charge in [0, 0.05) is 50.7 Å².